The quantitative estimate of drug-likeness (QED) is 0.369. The smallest absolute Gasteiger partial charge is 0.343 e. The zero-order valence-corrected chi connectivity index (χ0v) is 10.6. The largest absolute Gasteiger partial charge is 0.425 e. The number of hydrogen-bond donors (Lipinski definition) is 0. The average molecular weight is 268 g/mol. The summed E-state index contributed by atoms with van der Waals surface area (Å²) in [7, 11) is 0. The molecule has 1 saturated heterocycles. The van der Waals surface area contributed by atoms with Gasteiger partial charge in [-0.1, -0.05) is 48.5 Å². The van der Waals surface area contributed by atoms with Gasteiger partial charge in [0.05, 0.1) is 0 Å². The summed E-state index contributed by atoms with van der Waals surface area (Å²) in [5.41, 5.74) is 0.535. The first-order chi connectivity index (χ1) is 9.75. The topological polar surface area (TPSA) is 55.9 Å². The van der Waals surface area contributed by atoms with Crippen molar-refractivity contribution in [3.63, 3.8) is 0 Å². The predicted octanol–water partition coefficient (Wildman–Crippen LogP) is 2.24. The third-order valence-corrected chi connectivity index (χ3v) is 3.00. The molecule has 1 fully saturated rings. The van der Waals surface area contributed by atoms with Crippen molar-refractivity contribution < 1.29 is 19.1 Å². The fourth-order valence-corrected chi connectivity index (χ4v) is 1.92. The molecule has 0 aromatic heterocycles. The number of carbonyl (C=O) groups excluding carboxylic acids is 2. The zero-order chi connectivity index (χ0) is 13.9. The molecular weight excluding hydrogens is 256 g/mol. The van der Waals surface area contributed by atoms with Crippen LogP contribution < -0.4 is 4.74 Å². The molecule has 0 spiro atoms. The second-order valence-electron chi connectivity index (χ2n) is 4.44. The van der Waals surface area contributed by atoms with Crippen molar-refractivity contribution in [1.29, 1.82) is 0 Å². The lowest BCUT2D eigenvalue weighted by Gasteiger charge is -2.01. The maximum atomic E-state index is 12.0. The van der Waals surface area contributed by atoms with E-state index in [-0.39, 0.29) is 5.78 Å². The van der Waals surface area contributed by atoms with Crippen molar-refractivity contribution in [3.05, 3.63) is 66.2 Å². The Balaban J connectivity index is 1.62. The van der Waals surface area contributed by atoms with Gasteiger partial charge in [-0.3, -0.25) is 4.79 Å². The minimum Gasteiger partial charge on any atom is -0.425 e. The van der Waals surface area contributed by atoms with Crippen molar-refractivity contribution in [2.24, 2.45) is 0 Å². The SMILES string of the molecule is O=C(Oc1ccccc1)[C@H]1O[C@@H]1C(=O)c1ccccc1. The van der Waals surface area contributed by atoms with Gasteiger partial charge in [0.15, 0.2) is 18.0 Å². The molecule has 1 aliphatic heterocycles. The van der Waals surface area contributed by atoms with Gasteiger partial charge < -0.3 is 9.47 Å². The highest BCUT2D eigenvalue weighted by molar-refractivity contribution is 6.05. The van der Waals surface area contributed by atoms with Crippen LogP contribution >= 0.6 is 0 Å². The number of rotatable bonds is 4. The van der Waals surface area contributed by atoms with Crippen molar-refractivity contribution >= 4 is 11.8 Å². The summed E-state index contributed by atoms with van der Waals surface area (Å²) in [5, 5.41) is 0. The van der Waals surface area contributed by atoms with E-state index in [1.165, 1.54) is 0 Å². The molecule has 1 heterocycles. The van der Waals surface area contributed by atoms with E-state index in [9.17, 15) is 9.59 Å². The molecule has 0 unspecified atom stereocenters. The molecule has 2 aromatic carbocycles. The number of Topliss-reactive ketones (excluding diaryl/α,β-unsaturated/α-hetero) is 1. The Hall–Kier alpha value is -2.46. The highest BCUT2D eigenvalue weighted by Gasteiger charge is 2.51. The molecule has 20 heavy (non-hydrogen) atoms. The van der Waals surface area contributed by atoms with Gasteiger partial charge in [0, 0.05) is 5.56 Å². The normalized spacial score (nSPS) is 20.2. The van der Waals surface area contributed by atoms with E-state index in [1.54, 1.807) is 48.5 Å². The number of esters is 1. The van der Waals surface area contributed by atoms with Crippen molar-refractivity contribution in [3.8, 4) is 5.75 Å². The van der Waals surface area contributed by atoms with Crippen LogP contribution in [-0.2, 0) is 9.53 Å². The van der Waals surface area contributed by atoms with E-state index in [1.807, 2.05) is 12.1 Å². The molecule has 0 aliphatic carbocycles. The Morgan fingerprint density at radius 1 is 0.850 bits per heavy atom. The highest BCUT2D eigenvalue weighted by Crippen LogP contribution is 2.27. The molecule has 4 nitrogen and oxygen atoms in total. The summed E-state index contributed by atoms with van der Waals surface area (Å²) in [6, 6.07) is 17.5. The Kier molecular flexibility index (Phi) is 3.31. The van der Waals surface area contributed by atoms with Gasteiger partial charge >= 0.3 is 5.97 Å². The second kappa shape index (κ2) is 5.27. The first kappa shape index (κ1) is 12.6. The molecule has 3 rings (SSSR count). The van der Waals surface area contributed by atoms with Gasteiger partial charge in [-0.25, -0.2) is 4.79 Å². The molecule has 2 aromatic rings. The minimum atomic E-state index is -0.803. The first-order valence-electron chi connectivity index (χ1n) is 6.27. The maximum absolute atomic E-state index is 12.0. The summed E-state index contributed by atoms with van der Waals surface area (Å²) in [4.78, 5) is 23.9. The third kappa shape index (κ3) is 2.60. The number of ether oxygens (including phenoxy) is 2. The number of para-hydroxylation sites is 1. The average Bonchev–Trinajstić information content (AvgIpc) is 3.29. The Morgan fingerprint density at radius 3 is 2.10 bits per heavy atom. The fourth-order valence-electron chi connectivity index (χ4n) is 1.92. The van der Waals surface area contributed by atoms with E-state index in [0.29, 0.717) is 11.3 Å². The van der Waals surface area contributed by atoms with Crippen LogP contribution in [-0.4, -0.2) is 24.0 Å². The molecule has 4 heteroatoms. The molecule has 0 N–H and O–H groups in total. The second-order valence-corrected chi connectivity index (χ2v) is 4.44. The molecule has 100 valence electrons. The molecule has 0 radical (unpaired) electrons. The standard InChI is InChI=1S/C16H12O4/c17-13(11-7-3-1-4-8-11)14-15(20-14)16(18)19-12-9-5-2-6-10-12/h1-10,14-15H/t14-,15+/m1/s1. The summed E-state index contributed by atoms with van der Waals surface area (Å²) >= 11 is 0. The zero-order valence-electron chi connectivity index (χ0n) is 10.6. The van der Waals surface area contributed by atoms with E-state index in [0.717, 1.165) is 0 Å². The lowest BCUT2D eigenvalue weighted by atomic mass is 10.1. The van der Waals surface area contributed by atoms with Crippen LogP contribution in [0.2, 0.25) is 0 Å². The van der Waals surface area contributed by atoms with Crippen LogP contribution in [0, 0.1) is 0 Å². The van der Waals surface area contributed by atoms with Crippen LogP contribution in [0.5, 0.6) is 5.75 Å². The van der Waals surface area contributed by atoms with Crippen LogP contribution in [0.15, 0.2) is 60.7 Å². The predicted molar refractivity (Wildman–Crippen MR) is 71.5 cm³/mol. The van der Waals surface area contributed by atoms with Gasteiger partial charge in [0.25, 0.3) is 0 Å². The number of ketones is 1. The first-order valence-corrected chi connectivity index (χ1v) is 6.27. The summed E-state index contributed by atoms with van der Waals surface area (Å²) < 4.78 is 10.3. The third-order valence-electron chi connectivity index (χ3n) is 3.00. The van der Waals surface area contributed by atoms with Crippen LogP contribution in [0.3, 0.4) is 0 Å². The van der Waals surface area contributed by atoms with Crippen LogP contribution in [0.1, 0.15) is 10.4 Å². The van der Waals surface area contributed by atoms with E-state index in [4.69, 9.17) is 9.47 Å². The van der Waals surface area contributed by atoms with Gasteiger partial charge in [-0.2, -0.15) is 0 Å². The molecule has 0 amide bonds. The summed E-state index contributed by atoms with van der Waals surface area (Å²) in [6.45, 7) is 0. The van der Waals surface area contributed by atoms with Crippen molar-refractivity contribution in [1.82, 2.24) is 0 Å². The number of carbonyl (C=O) groups is 2. The van der Waals surface area contributed by atoms with Crippen molar-refractivity contribution in [2.75, 3.05) is 0 Å². The molecule has 2 atom stereocenters. The molecule has 0 bridgehead atoms. The van der Waals surface area contributed by atoms with Gasteiger partial charge in [0.2, 0.25) is 0 Å². The number of benzene rings is 2. The maximum Gasteiger partial charge on any atom is 0.343 e. The lowest BCUT2D eigenvalue weighted by Crippen LogP contribution is -2.21. The monoisotopic (exact) mass is 268 g/mol. The van der Waals surface area contributed by atoms with E-state index in [2.05, 4.69) is 0 Å². The summed E-state index contributed by atoms with van der Waals surface area (Å²) in [5.74, 6) is -0.287. The Morgan fingerprint density at radius 2 is 1.45 bits per heavy atom. The van der Waals surface area contributed by atoms with Gasteiger partial charge in [0.1, 0.15) is 5.75 Å². The van der Waals surface area contributed by atoms with Gasteiger partial charge in [-0.15, -0.1) is 0 Å². The Labute approximate surface area is 115 Å². The van der Waals surface area contributed by atoms with E-state index >= 15 is 0 Å². The van der Waals surface area contributed by atoms with E-state index < -0.39 is 18.2 Å². The molecule has 0 saturated carbocycles. The number of epoxide rings is 1. The molecule has 1 aliphatic rings. The Bertz CT molecular complexity index is 621. The van der Waals surface area contributed by atoms with Crippen molar-refractivity contribution in [2.45, 2.75) is 12.2 Å². The minimum absolute atomic E-state index is 0.194. The van der Waals surface area contributed by atoms with Crippen LogP contribution in [0.4, 0.5) is 0 Å². The fraction of sp³-hybridized carbons (Fsp3) is 0.125. The molecular formula is C16H12O4. The summed E-state index contributed by atoms with van der Waals surface area (Å²) in [6.07, 6.45) is -1.53. The number of hydrogen-bond acceptors (Lipinski definition) is 4. The van der Waals surface area contributed by atoms with Gasteiger partial charge in [-0.05, 0) is 12.1 Å². The van der Waals surface area contributed by atoms with Crippen LogP contribution in [0.25, 0.3) is 0 Å². The highest BCUT2D eigenvalue weighted by atomic mass is 16.6. The lowest BCUT2D eigenvalue weighted by molar-refractivity contribution is -0.135.